The van der Waals surface area contributed by atoms with Gasteiger partial charge in [-0.25, -0.2) is 0 Å². The van der Waals surface area contributed by atoms with Gasteiger partial charge in [-0.3, -0.25) is 0 Å². The van der Waals surface area contributed by atoms with Gasteiger partial charge in [-0.1, -0.05) is 6.92 Å². The summed E-state index contributed by atoms with van der Waals surface area (Å²) < 4.78 is 16.4. The van der Waals surface area contributed by atoms with E-state index in [0.717, 1.165) is 23.6 Å². The maximum atomic E-state index is 5.72. The second-order valence-electron chi connectivity index (χ2n) is 4.60. The molecule has 0 heterocycles. The van der Waals surface area contributed by atoms with E-state index in [-0.39, 0.29) is 12.1 Å². The highest BCUT2D eigenvalue weighted by molar-refractivity contribution is 5.42. The monoisotopic (exact) mass is 267 g/mol. The number of methoxy groups -OCH3 is 2. The lowest BCUT2D eigenvalue weighted by Gasteiger charge is -2.22. The average molecular weight is 267 g/mol. The van der Waals surface area contributed by atoms with Crippen LogP contribution in [0.5, 0.6) is 11.5 Å². The van der Waals surface area contributed by atoms with Crippen LogP contribution in [0.15, 0.2) is 18.2 Å². The Kier molecular flexibility index (Phi) is 6.67. The lowest BCUT2D eigenvalue weighted by Crippen LogP contribution is -2.27. The van der Waals surface area contributed by atoms with Crippen molar-refractivity contribution in [3.8, 4) is 11.5 Å². The molecule has 0 saturated heterocycles. The summed E-state index contributed by atoms with van der Waals surface area (Å²) in [5, 5.41) is 3.42. The molecule has 1 atom stereocenters. The summed E-state index contributed by atoms with van der Waals surface area (Å²) in [6.07, 6.45) is 0.213. The third-order valence-electron chi connectivity index (χ3n) is 2.86. The Bertz CT molecular complexity index is 380. The first kappa shape index (κ1) is 15.8. The third kappa shape index (κ3) is 4.73. The van der Waals surface area contributed by atoms with Crippen LogP contribution < -0.4 is 14.8 Å². The van der Waals surface area contributed by atoms with E-state index in [1.807, 2.05) is 32.0 Å². The van der Waals surface area contributed by atoms with Crippen molar-refractivity contribution in [1.82, 2.24) is 5.32 Å². The van der Waals surface area contributed by atoms with Crippen LogP contribution >= 0.6 is 0 Å². The zero-order chi connectivity index (χ0) is 14.3. The summed E-state index contributed by atoms with van der Waals surface area (Å²) in [4.78, 5) is 0. The molecule has 0 saturated carbocycles. The number of benzene rings is 1. The fraction of sp³-hybridized carbons (Fsp3) is 0.600. The fourth-order valence-corrected chi connectivity index (χ4v) is 1.90. The SMILES string of the molecule is CCNC(COC(C)C)c1ccc(OC)cc1OC. The maximum absolute atomic E-state index is 5.72. The largest absolute Gasteiger partial charge is 0.497 e. The van der Waals surface area contributed by atoms with E-state index in [9.17, 15) is 0 Å². The van der Waals surface area contributed by atoms with Gasteiger partial charge in [-0.2, -0.15) is 0 Å². The van der Waals surface area contributed by atoms with Crippen molar-refractivity contribution in [2.75, 3.05) is 27.4 Å². The minimum atomic E-state index is 0.119. The van der Waals surface area contributed by atoms with Crippen LogP contribution in [0.4, 0.5) is 0 Å². The molecule has 0 aliphatic carbocycles. The van der Waals surface area contributed by atoms with E-state index in [1.165, 1.54) is 0 Å². The molecular weight excluding hydrogens is 242 g/mol. The summed E-state index contributed by atoms with van der Waals surface area (Å²) in [5.74, 6) is 1.61. The molecule has 108 valence electrons. The molecule has 0 aromatic heterocycles. The van der Waals surface area contributed by atoms with E-state index in [2.05, 4.69) is 12.2 Å². The van der Waals surface area contributed by atoms with E-state index in [1.54, 1.807) is 14.2 Å². The Morgan fingerprint density at radius 3 is 2.42 bits per heavy atom. The first-order valence-electron chi connectivity index (χ1n) is 6.69. The molecular formula is C15H25NO3. The van der Waals surface area contributed by atoms with Crippen molar-refractivity contribution < 1.29 is 14.2 Å². The van der Waals surface area contributed by atoms with Crippen molar-refractivity contribution >= 4 is 0 Å². The van der Waals surface area contributed by atoms with Crippen LogP contribution in [0.1, 0.15) is 32.4 Å². The Labute approximate surface area is 116 Å². The molecule has 4 nitrogen and oxygen atoms in total. The molecule has 1 rings (SSSR count). The lowest BCUT2D eigenvalue weighted by molar-refractivity contribution is 0.0609. The Balaban J connectivity index is 2.93. The highest BCUT2D eigenvalue weighted by atomic mass is 16.5. The van der Waals surface area contributed by atoms with Gasteiger partial charge in [0.05, 0.1) is 33.0 Å². The van der Waals surface area contributed by atoms with Gasteiger partial charge in [-0.05, 0) is 32.5 Å². The fourth-order valence-electron chi connectivity index (χ4n) is 1.90. The zero-order valence-electron chi connectivity index (χ0n) is 12.5. The molecule has 0 aliphatic heterocycles. The first-order chi connectivity index (χ1) is 9.12. The van der Waals surface area contributed by atoms with Gasteiger partial charge >= 0.3 is 0 Å². The summed E-state index contributed by atoms with van der Waals surface area (Å²) >= 11 is 0. The molecule has 1 aromatic rings. The minimum absolute atomic E-state index is 0.119. The first-order valence-corrected chi connectivity index (χ1v) is 6.69. The van der Waals surface area contributed by atoms with E-state index >= 15 is 0 Å². The zero-order valence-corrected chi connectivity index (χ0v) is 12.5. The van der Waals surface area contributed by atoms with Gasteiger partial charge in [0, 0.05) is 11.6 Å². The highest BCUT2D eigenvalue weighted by Gasteiger charge is 2.16. The predicted molar refractivity (Wildman–Crippen MR) is 77.1 cm³/mol. The number of rotatable bonds is 8. The molecule has 0 fully saturated rings. The van der Waals surface area contributed by atoms with Gasteiger partial charge < -0.3 is 19.5 Å². The van der Waals surface area contributed by atoms with E-state index in [0.29, 0.717) is 6.61 Å². The molecule has 19 heavy (non-hydrogen) atoms. The molecule has 0 spiro atoms. The lowest BCUT2D eigenvalue weighted by atomic mass is 10.1. The van der Waals surface area contributed by atoms with Gasteiger partial charge in [-0.15, -0.1) is 0 Å². The predicted octanol–water partition coefficient (Wildman–Crippen LogP) is 2.78. The molecule has 1 unspecified atom stereocenters. The third-order valence-corrected chi connectivity index (χ3v) is 2.86. The summed E-state index contributed by atoms with van der Waals surface area (Å²) in [6.45, 7) is 7.65. The Morgan fingerprint density at radius 1 is 1.16 bits per heavy atom. The van der Waals surface area contributed by atoms with Crippen molar-refractivity contribution in [2.24, 2.45) is 0 Å². The van der Waals surface area contributed by atoms with E-state index < -0.39 is 0 Å². The normalized spacial score (nSPS) is 12.5. The number of ether oxygens (including phenoxy) is 3. The highest BCUT2D eigenvalue weighted by Crippen LogP contribution is 2.29. The van der Waals surface area contributed by atoms with Crippen LogP contribution in [0, 0.1) is 0 Å². The molecule has 0 aliphatic rings. The second kappa shape index (κ2) is 8.02. The van der Waals surface area contributed by atoms with Gasteiger partial charge in [0.2, 0.25) is 0 Å². The van der Waals surface area contributed by atoms with Crippen molar-refractivity contribution in [1.29, 1.82) is 0 Å². The molecule has 1 N–H and O–H groups in total. The number of hydrogen-bond donors (Lipinski definition) is 1. The van der Waals surface area contributed by atoms with Crippen LogP contribution in [-0.4, -0.2) is 33.5 Å². The number of likely N-dealkylation sites (N-methyl/N-ethyl adjacent to an activating group) is 1. The number of hydrogen-bond acceptors (Lipinski definition) is 4. The maximum Gasteiger partial charge on any atom is 0.127 e. The van der Waals surface area contributed by atoms with E-state index in [4.69, 9.17) is 14.2 Å². The van der Waals surface area contributed by atoms with Gasteiger partial charge in [0.25, 0.3) is 0 Å². The molecule has 0 amide bonds. The molecule has 0 bridgehead atoms. The van der Waals surface area contributed by atoms with Crippen LogP contribution in [0.3, 0.4) is 0 Å². The summed E-state index contributed by atoms with van der Waals surface area (Å²) in [7, 11) is 3.32. The number of nitrogens with one attached hydrogen (secondary N) is 1. The second-order valence-corrected chi connectivity index (χ2v) is 4.60. The smallest absolute Gasteiger partial charge is 0.127 e. The van der Waals surface area contributed by atoms with Gasteiger partial charge in [0.1, 0.15) is 11.5 Å². The van der Waals surface area contributed by atoms with Crippen molar-refractivity contribution in [2.45, 2.75) is 32.9 Å². The van der Waals surface area contributed by atoms with Crippen molar-refractivity contribution in [3.63, 3.8) is 0 Å². The van der Waals surface area contributed by atoms with Crippen molar-refractivity contribution in [3.05, 3.63) is 23.8 Å². The Morgan fingerprint density at radius 2 is 1.89 bits per heavy atom. The quantitative estimate of drug-likeness (QED) is 0.786. The molecule has 4 heteroatoms. The van der Waals surface area contributed by atoms with Crippen LogP contribution in [-0.2, 0) is 4.74 Å². The molecule has 0 radical (unpaired) electrons. The standard InChI is InChI=1S/C15H25NO3/c1-6-16-14(10-19-11(2)3)13-8-7-12(17-4)9-15(13)18-5/h7-9,11,14,16H,6,10H2,1-5H3. The topological polar surface area (TPSA) is 39.7 Å². The van der Waals surface area contributed by atoms with Crippen LogP contribution in [0.25, 0.3) is 0 Å². The molecule has 1 aromatic carbocycles. The van der Waals surface area contributed by atoms with Gasteiger partial charge in [0.15, 0.2) is 0 Å². The average Bonchev–Trinajstić information content (AvgIpc) is 2.42. The summed E-state index contributed by atoms with van der Waals surface area (Å²) in [6, 6.07) is 5.98. The minimum Gasteiger partial charge on any atom is -0.497 e. The Hall–Kier alpha value is -1.26. The van der Waals surface area contributed by atoms with Crippen LogP contribution in [0.2, 0.25) is 0 Å². The summed E-state index contributed by atoms with van der Waals surface area (Å²) in [5.41, 5.74) is 1.09.